The first-order valence-electron chi connectivity index (χ1n) is 4.14. The lowest BCUT2D eigenvalue weighted by molar-refractivity contribution is -0.131. The van der Waals surface area contributed by atoms with Crippen LogP contribution >= 0.6 is 0 Å². The molecule has 0 aliphatic rings. The van der Waals surface area contributed by atoms with Gasteiger partial charge in [-0.3, -0.25) is 14.9 Å². The summed E-state index contributed by atoms with van der Waals surface area (Å²) in [7, 11) is 0. The fraction of sp³-hybridized carbons (Fsp3) is 0.250. The van der Waals surface area contributed by atoms with E-state index in [4.69, 9.17) is 10.8 Å². The minimum Gasteiger partial charge on any atom is -0.478 e. The maximum Gasteiger partial charge on any atom is 0.328 e. The molecule has 88 valence electrons. The van der Waals surface area contributed by atoms with Crippen LogP contribution in [0.5, 0.6) is 0 Å². The van der Waals surface area contributed by atoms with Crippen LogP contribution < -0.4 is 16.4 Å². The second-order valence-electron chi connectivity index (χ2n) is 2.76. The van der Waals surface area contributed by atoms with Crippen molar-refractivity contribution in [1.82, 2.24) is 10.6 Å². The molecule has 8 heteroatoms. The van der Waals surface area contributed by atoms with E-state index in [1.165, 1.54) is 6.92 Å². The zero-order valence-electron chi connectivity index (χ0n) is 8.39. The molecule has 1 unspecified atom stereocenters. The number of nitrogens with two attached hydrogens (primary N) is 1. The van der Waals surface area contributed by atoms with Gasteiger partial charge in [-0.25, -0.2) is 9.59 Å². The fourth-order valence-electron chi connectivity index (χ4n) is 0.604. The number of urea groups is 1. The lowest BCUT2D eigenvalue weighted by Gasteiger charge is -2.09. The molecule has 0 radical (unpaired) electrons. The van der Waals surface area contributed by atoms with Crippen LogP contribution in [0.25, 0.3) is 0 Å². The first-order valence-corrected chi connectivity index (χ1v) is 4.14. The van der Waals surface area contributed by atoms with Gasteiger partial charge in [0.05, 0.1) is 0 Å². The average molecular weight is 229 g/mol. The molecule has 1 atom stereocenters. The fourth-order valence-corrected chi connectivity index (χ4v) is 0.604. The van der Waals surface area contributed by atoms with Crippen LogP contribution in [0.2, 0.25) is 0 Å². The first kappa shape index (κ1) is 13.6. The van der Waals surface area contributed by atoms with Crippen molar-refractivity contribution in [2.24, 2.45) is 5.73 Å². The van der Waals surface area contributed by atoms with Gasteiger partial charge in [0.1, 0.15) is 6.04 Å². The largest absolute Gasteiger partial charge is 0.478 e. The number of primary amides is 1. The summed E-state index contributed by atoms with van der Waals surface area (Å²) in [4.78, 5) is 42.4. The van der Waals surface area contributed by atoms with Crippen molar-refractivity contribution < 1.29 is 24.3 Å². The highest BCUT2D eigenvalue weighted by atomic mass is 16.4. The summed E-state index contributed by atoms with van der Waals surface area (Å²) in [5.74, 6) is -3.00. The number of carboxylic acid groups (broad SMARTS) is 1. The minimum absolute atomic E-state index is 0.570. The molecule has 0 rings (SSSR count). The van der Waals surface area contributed by atoms with Gasteiger partial charge in [0, 0.05) is 12.2 Å². The van der Waals surface area contributed by atoms with Gasteiger partial charge in [-0.15, -0.1) is 0 Å². The summed E-state index contributed by atoms with van der Waals surface area (Å²) in [5, 5.41) is 12.0. The summed E-state index contributed by atoms with van der Waals surface area (Å²) in [6.07, 6.45) is 1.23. The molecule has 0 aliphatic heterocycles. The summed E-state index contributed by atoms with van der Waals surface area (Å²) in [5.41, 5.74) is 4.86. The Bertz CT molecular complexity index is 350. The Balaban J connectivity index is 4.11. The van der Waals surface area contributed by atoms with Crippen molar-refractivity contribution in [2.75, 3.05) is 0 Å². The number of carboxylic acids is 1. The van der Waals surface area contributed by atoms with Gasteiger partial charge in [-0.05, 0) is 6.92 Å². The molecular formula is C8H11N3O5. The monoisotopic (exact) mass is 229 g/mol. The quantitative estimate of drug-likeness (QED) is 0.427. The van der Waals surface area contributed by atoms with Crippen molar-refractivity contribution in [1.29, 1.82) is 0 Å². The van der Waals surface area contributed by atoms with Crippen LogP contribution in [-0.4, -0.2) is 35.0 Å². The van der Waals surface area contributed by atoms with Gasteiger partial charge >= 0.3 is 12.0 Å². The maximum atomic E-state index is 11.0. The number of imide groups is 1. The van der Waals surface area contributed by atoms with Crippen molar-refractivity contribution in [3.05, 3.63) is 12.2 Å². The molecular weight excluding hydrogens is 218 g/mol. The first-order chi connectivity index (χ1) is 7.32. The number of rotatable bonds is 4. The molecule has 0 saturated heterocycles. The molecule has 0 aromatic heterocycles. The normalized spacial score (nSPS) is 11.8. The Kier molecular flexibility index (Phi) is 5.25. The molecule has 0 bridgehead atoms. The lowest BCUT2D eigenvalue weighted by atomic mass is 10.3. The van der Waals surface area contributed by atoms with Crippen molar-refractivity contribution in [2.45, 2.75) is 13.0 Å². The predicted octanol–water partition coefficient (Wildman–Crippen LogP) is -1.67. The SMILES string of the molecule is CC(NC(=O)NC(=O)/C=C/C(=O)O)C(N)=O. The van der Waals surface area contributed by atoms with Crippen LogP contribution in [0.1, 0.15) is 6.92 Å². The van der Waals surface area contributed by atoms with E-state index in [-0.39, 0.29) is 0 Å². The molecule has 0 aromatic carbocycles. The van der Waals surface area contributed by atoms with E-state index in [0.29, 0.717) is 12.2 Å². The van der Waals surface area contributed by atoms with Crippen LogP contribution in [0.4, 0.5) is 4.79 Å². The summed E-state index contributed by atoms with van der Waals surface area (Å²) < 4.78 is 0. The van der Waals surface area contributed by atoms with Gasteiger partial charge in [0.25, 0.3) is 5.91 Å². The lowest BCUT2D eigenvalue weighted by Crippen LogP contribution is -2.48. The minimum atomic E-state index is -1.32. The topological polar surface area (TPSA) is 139 Å². The van der Waals surface area contributed by atoms with Crippen LogP contribution in [0.15, 0.2) is 12.2 Å². The molecule has 0 heterocycles. The maximum absolute atomic E-state index is 11.0. The zero-order valence-corrected chi connectivity index (χ0v) is 8.39. The molecule has 8 nitrogen and oxygen atoms in total. The van der Waals surface area contributed by atoms with Crippen molar-refractivity contribution >= 4 is 23.8 Å². The van der Waals surface area contributed by atoms with Crippen LogP contribution in [0, 0.1) is 0 Å². The number of nitrogens with one attached hydrogen (secondary N) is 2. The molecule has 0 aromatic rings. The molecule has 0 saturated carbocycles. The van der Waals surface area contributed by atoms with E-state index in [1.54, 1.807) is 5.32 Å². The predicted molar refractivity (Wildman–Crippen MR) is 52.1 cm³/mol. The Morgan fingerprint density at radius 3 is 2.25 bits per heavy atom. The summed E-state index contributed by atoms with van der Waals surface area (Å²) >= 11 is 0. The van der Waals surface area contributed by atoms with Crippen molar-refractivity contribution in [3.8, 4) is 0 Å². The van der Waals surface area contributed by atoms with E-state index < -0.39 is 29.9 Å². The highest BCUT2D eigenvalue weighted by Crippen LogP contribution is 1.80. The van der Waals surface area contributed by atoms with E-state index in [2.05, 4.69) is 5.32 Å². The molecule has 16 heavy (non-hydrogen) atoms. The molecule has 4 amide bonds. The summed E-state index contributed by atoms with van der Waals surface area (Å²) in [6.45, 7) is 1.33. The van der Waals surface area contributed by atoms with E-state index >= 15 is 0 Å². The number of carbonyl (C=O) groups excluding carboxylic acids is 3. The van der Waals surface area contributed by atoms with E-state index in [0.717, 1.165) is 0 Å². The smallest absolute Gasteiger partial charge is 0.328 e. The average Bonchev–Trinajstić information content (AvgIpc) is 2.14. The molecule has 0 fully saturated rings. The Morgan fingerprint density at radius 2 is 1.81 bits per heavy atom. The van der Waals surface area contributed by atoms with Crippen LogP contribution in [0.3, 0.4) is 0 Å². The number of hydrogen-bond acceptors (Lipinski definition) is 4. The highest BCUT2D eigenvalue weighted by Gasteiger charge is 2.12. The Labute approximate surface area is 90.5 Å². The Hall–Kier alpha value is -2.38. The standard InChI is InChI=1S/C8H11N3O5/c1-4(7(9)15)10-8(16)11-5(12)2-3-6(13)14/h2-4H,1H3,(H2,9,15)(H,13,14)(H2,10,11,12,16)/b3-2+. The second kappa shape index (κ2) is 6.17. The van der Waals surface area contributed by atoms with Gasteiger partial charge in [0.15, 0.2) is 0 Å². The Morgan fingerprint density at radius 1 is 1.25 bits per heavy atom. The third-order valence-electron chi connectivity index (χ3n) is 1.39. The zero-order chi connectivity index (χ0) is 12.7. The number of aliphatic carboxylic acids is 1. The van der Waals surface area contributed by atoms with Gasteiger partial charge in [-0.1, -0.05) is 0 Å². The highest BCUT2D eigenvalue weighted by molar-refractivity contribution is 6.03. The number of carbonyl (C=O) groups is 4. The van der Waals surface area contributed by atoms with Gasteiger partial charge in [0.2, 0.25) is 5.91 Å². The van der Waals surface area contributed by atoms with Crippen molar-refractivity contribution in [3.63, 3.8) is 0 Å². The van der Waals surface area contributed by atoms with Gasteiger partial charge < -0.3 is 16.2 Å². The molecule has 5 N–H and O–H groups in total. The molecule has 0 spiro atoms. The molecule has 0 aliphatic carbocycles. The third-order valence-corrected chi connectivity index (χ3v) is 1.39. The third kappa shape index (κ3) is 6.13. The number of amides is 4. The van der Waals surface area contributed by atoms with Crippen LogP contribution in [-0.2, 0) is 14.4 Å². The van der Waals surface area contributed by atoms with E-state index in [9.17, 15) is 19.2 Å². The number of hydrogen-bond donors (Lipinski definition) is 4. The second-order valence-corrected chi connectivity index (χ2v) is 2.76. The van der Waals surface area contributed by atoms with E-state index in [1.807, 2.05) is 0 Å². The summed E-state index contributed by atoms with van der Waals surface area (Å²) in [6, 6.07) is -1.87. The van der Waals surface area contributed by atoms with Gasteiger partial charge in [-0.2, -0.15) is 0 Å².